The summed E-state index contributed by atoms with van der Waals surface area (Å²) in [6, 6.07) is 17.0. The highest BCUT2D eigenvalue weighted by Gasteiger charge is 2.16. The molecule has 2 aromatic rings. The molecule has 0 saturated heterocycles. The fourth-order valence-corrected chi connectivity index (χ4v) is 2.63. The zero-order chi connectivity index (χ0) is 14.5. The molecule has 0 aliphatic carbocycles. The Hall–Kier alpha value is -2.13. The second-order valence-corrected chi connectivity index (χ2v) is 5.32. The molecule has 1 aliphatic rings. The first-order chi connectivity index (χ1) is 10.3. The lowest BCUT2D eigenvalue weighted by Crippen LogP contribution is -2.37. The van der Waals surface area contributed by atoms with E-state index in [0.717, 1.165) is 30.8 Å². The van der Waals surface area contributed by atoms with Crippen molar-refractivity contribution in [2.45, 2.75) is 19.0 Å². The number of hydrogen-bond donors (Lipinski definition) is 1. The normalized spacial score (nSPS) is 17.7. The summed E-state index contributed by atoms with van der Waals surface area (Å²) in [4.78, 5) is 4.57. The van der Waals surface area contributed by atoms with Gasteiger partial charge in [-0.25, -0.2) is 0 Å². The van der Waals surface area contributed by atoms with E-state index in [9.17, 15) is 0 Å². The predicted octanol–water partition coefficient (Wildman–Crippen LogP) is 2.83. The molecule has 3 heteroatoms. The van der Waals surface area contributed by atoms with Crippen molar-refractivity contribution in [3.05, 3.63) is 65.2 Å². The number of benzene rings is 2. The molecule has 1 aliphatic heterocycles. The van der Waals surface area contributed by atoms with E-state index in [2.05, 4.69) is 34.6 Å². The molecule has 0 spiro atoms. The maximum Gasteiger partial charge on any atom is 0.118 e. The first-order valence-electron chi connectivity index (χ1n) is 7.29. The van der Waals surface area contributed by atoms with E-state index < -0.39 is 0 Å². The molecule has 108 valence electrons. The number of fused-ring (bicyclic) bond motifs is 1. The summed E-state index contributed by atoms with van der Waals surface area (Å²) in [5.74, 6) is 0.873. The van der Waals surface area contributed by atoms with Crippen LogP contribution >= 0.6 is 0 Å². The van der Waals surface area contributed by atoms with E-state index in [1.807, 2.05) is 30.5 Å². The summed E-state index contributed by atoms with van der Waals surface area (Å²) in [5.41, 5.74) is 3.96. The van der Waals surface area contributed by atoms with Crippen molar-refractivity contribution in [1.82, 2.24) is 5.32 Å². The van der Waals surface area contributed by atoms with Crippen molar-refractivity contribution in [3.8, 4) is 5.75 Å². The van der Waals surface area contributed by atoms with Crippen molar-refractivity contribution in [2.75, 3.05) is 13.7 Å². The average molecular weight is 280 g/mol. The monoisotopic (exact) mass is 280 g/mol. The van der Waals surface area contributed by atoms with Crippen LogP contribution in [0.1, 0.15) is 16.7 Å². The zero-order valence-corrected chi connectivity index (χ0v) is 12.3. The van der Waals surface area contributed by atoms with E-state index >= 15 is 0 Å². The number of rotatable bonds is 4. The van der Waals surface area contributed by atoms with Crippen molar-refractivity contribution < 1.29 is 4.74 Å². The average Bonchev–Trinajstić information content (AvgIpc) is 2.55. The molecule has 0 aromatic heterocycles. The number of nitrogens with one attached hydrogen (secondary N) is 1. The zero-order valence-electron chi connectivity index (χ0n) is 12.3. The molecule has 0 saturated carbocycles. The maximum absolute atomic E-state index is 5.15. The smallest absolute Gasteiger partial charge is 0.118 e. The molecule has 0 radical (unpaired) electrons. The molecule has 1 atom stereocenters. The number of nitrogens with zero attached hydrogens (tertiary/aromatic N) is 1. The van der Waals surface area contributed by atoms with Gasteiger partial charge in [0.25, 0.3) is 0 Å². The van der Waals surface area contributed by atoms with Crippen LogP contribution < -0.4 is 10.1 Å². The van der Waals surface area contributed by atoms with E-state index in [4.69, 9.17) is 4.74 Å². The van der Waals surface area contributed by atoms with Gasteiger partial charge in [-0.15, -0.1) is 0 Å². The summed E-state index contributed by atoms with van der Waals surface area (Å²) in [7, 11) is 1.68. The van der Waals surface area contributed by atoms with Gasteiger partial charge in [-0.1, -0.05) is 24.3 Å². The predicted molar refractivity (Wildman–Crippen MR) is 86.2 cm³/mol. The van der Waals surface area contributed by atoms with Gasteiger partial charge in [-0.2, -0.15) is 0 Å². The molecule has 1 heterocycles. The SMILES string of the molecule is COc1ccc(C=NCC2Cc3ccccc3CN2)cc1. The molecule has 0 bridgehead atoms. The highest BCUT2D eigenvalue weighted by Crippen LogP contribution is 2.16. The van der Waals surface area contributed by atoms with Gasteiger partial charge in [0, 0.05) is 18.8 Å². The Morgan fingerprint density at radius 2 is 1.90 bits per heavy atom. The maximum atomic E-state index is 5.15. The molecule has 3 nitrogen and oxygen atoms in total. The number of hydrogen-bond acceptors (Lipinski definition) is 3. The molecule has 0 amide bonds. The molecular weight excluding hydrogens is 260 g/mol. The van der Waals surface area contributed by atoms with Gasteiger partial charge in [0.1, 0.15) is 5.75 Å². The lowest BCUT2D eigenvalue weighted by Gasteiger charge is -2.24. The Balaban J connectivity index is 1.57. The Kier molecular flexibility index (Phi) is 4.31. The van der Waals surface area contributed by atoms with Gasteiger partial charge in [0.15, 0.2) is 0 Å². The molecule has 21 heavy (non-hydrogen) atoms. The van der Waals surface area contributed by atoms with Gasteiger partial charge >= 0.3 is 0 Å². The number of ether oxygens (including phenoxy) is 1. The van der Waals surface area contributed by atoms with Crippen LogP contribution in [0.4, 0.5) is 0 Å². The Bertz CT molecular complexity index is 619. The highest BCUT2D eigenvalue weighted by molar-refractivity contribution is 5.79. The van der Waals surface area contributed by atoms with Crippen molar-refractivity contribution in [2.24, 2.45) is 4.99 Å². The molecule has 3 rings (SSSR count). The largest absolute Gasteiger partial charge is 0.497 e. The number of methoxy groups -OCH3 is 1. The minimum absolute atomic E-state index is 0.425. The quantitative estimate of drug-likeness (QED) is 0.874. The molecular formula is C18H20N2O. The van der Waals surface area contributed by atoms with E-state index in [0.29, 0.717) is 6.04 Å². The van der Waals surface area contributed by atoms with Gasteiger partial charge in [-0.3, -0.25) is 4.99 Å². The fraction of sp³-hybridized carbons (Fsp3) is 0.278. The Labute approximate surface area is 125 Å². The Morgan fingerprint density at radius 1 is 1.14 bits per heavy atom. The van der Waals surface area contributed by atoms with Crippen LogP contribution in [0.5, 0.6) is 5.75 Å². The van der Waals surface area contributed by atoms with Crippen LogP contribution in [0.15, 0.2) is 53.5 Å². The first kappa shape index (κ1) is 13.8. The summed E-state index contributed by atoms with van der Waals surface area (Å²) in [6.07, 6.45) is 2.98. The van der Waals surface area contributed by atoms with E-state index in [-0.39, 0.29) is 0 Å². The molecule has 1 N–H and O–H groups in total. The minimum atomic E-state index is 0.425. The van der Waals surface area contributed by atoms with Crippen LogP contribution in [0.2, 0.25) is 0 Å². The van der Waals surface area contributed by atoms with Crippen LogP contribution in [-0.4, -0.2) is 25.9 Å². The van der Waals surface area contributed by atoms with E-state index in [1.165, 1.54) is 11.1 Å². The summed E-state index contributed by atoms with van der Waals surface area (Å²) in [5, 5.41) is 3.55. The second kappa shape index (κ2) is 6.55. The molecule has 0 fully saturated rings. The third-order valence-corrected chi connectivity index (χ3v) is 3.85. The lowest BCUT2D eigenvalue weighted by atomic mass is 9.96. The van der Waals surface area contributed by atoms with Crippen LogP contribution in [0, 0.1) is 0 Å². The third kappa shape index (κ3) is 3.50. The third-order valence-electron chi connectivity index (χ3n) is 3.85. The fourth-order valence-electron chi connectivity index (χ4n) is 2.63. The van der Waals surface area contributed by atoms with Crippen molar-refractivity contribution in [1.29, 1.82) is 0 Å². The second-order valence-electron chi connectivity index (χ2n) is 5.32. The summed E-state index contributed by atoms with van der Waals surface area (Å²) in [6.45, 7) is 1.75. The van der Waals surface area contributed by atoms with Gasteiger partial charge in [0.2, 0.25) is 0 Å². The van der Waals surface area contributed by atoms with E-state index in [1.54, 1.807) is 7.11 Å². The molecule has 1 unspecified atom stereocenters. The summed E-state index contributed by atoms with van der Waals surface area (Å²) >= 11 is 0. The minimum Gasteiger partial charge on any atom is -0.497 e. The van der Waals surface area contributed by atoms with Crippen molar-refractivity contribution >= 4 is 6.21 Å². The van der Waals surface area contributed by atoms with Gasteiger partial charge in [-0.05, 0) is 47.4 Å². The highest BCUT2D eigenvalue weighted by atomic mass is 16.5. The summed E-state index contributed by atoms with van der Waals surface area (Å²) < 4.78 is 5.15. The van der Waals surface area contributed by atoms with Crippen LogP contribution in [0.3, 0.4) is 0 Å². The topological polar surface area (TPSA) is 33.6 Å². The number of aliphatic imine (C=N–C) groups is 1. The standard InChI is InChI=1S/C18H20N2O/c1-21-18-8-6-14(7-9-18)11-19-13-17-10-15-4-2-3-5-16(15)12-20-17/h2-9,11,17,20H,10,12-13H2,1H3. The Morgan fingerprint density at radius 3 is 2.67 bits per heavy atom. The molecule has 2 aromatic carbocycles. The first-order valence-corrected chi connectivity index (χ1v) is 7.29. The lowest BCUT2D eigenvalue weighted by molar-refractivity contribution is 0.415. The van der Waals surface area contributed by atoms with Gasteiger partial charge in [0.05, 0.1) is 13.7 Å². The van der Waals surface area contributed by atoms with Crippen LogP contribution in [0.25, 0.3) is 0 Å². The van der Waals surface area contributed by atoms with Crippen molar-refractivity contribution in [3.63, 3.8) is 0 Å². The van der Waals surface area contributed by atoms with Crippen LogP contribution in [-0.2, 0) is 13.0 Å². The van der Waals surface area contributed by atoms with Gasteiger partial charge < -0.3 is 10.1 Å².